The first-order chi connectivity index (χ1) is 7.63. The van der Waals surface area contributed by atoms with Gasteiger partial charge in [-0.2, -0.15) is 0 Å². The van der Waals surface area contributed by atoms with Crippen LogP contribution in [0.15, 0.2) is 22.8 Å². The zero-order valence-corrected chi connectivity index (χ0v) is 11.0. The molecule has 1 unspecified atom stereocenters. The first-order valence-electron chi connectivity index (χ1n) is 5.33. The standard InChI is InChI=1S/C11H15BrN4/c1-7(2)9(5-13)11-15-14-10-4-3-8(12)6-16(10)11/h3-4,6-7,9H,5,13H2,1-2H3. The van der Waals surface area contributed by atoms with E-state index in [9.17, 15) is 0 Å². The molecule has 86 valence electrons. The number of aromatic nitrogens is 3. The Morgan fingerprint density at radius 3 is 2.75 bits per heavy atom. The van der Waals surface area contributed by atoms with Gasteiger partial charge in [0.05, 0.1) is 0 Å². The van der Waals surface area contributed by atoms with Crippen LogP contribution in [0.1, 0.15) is 25.6 Å². The molecular formula is C11H15BrN4. The molecule has 2 heterocycles. The average molecular weight is 283 g/mol. The van der Waals surface area contributed by atoms with Gasteiger partial charge in [-0.05, 0) is 34.0 Å². The van der Waals surface area contributed by atoms with Gasteiger partial charge in [-0.1, -0.05) is 13.8 Å². The van der Waals surface area contributed by atoms with Gasteiger partial charge in [0, 0.05) is 23.1 Å². The summed E-state index contributed by atoms with van der Waals surface area (Å²) in [5, 5.41) is 8.39. The summed E-state index contributed by atoms with van der Waals surface area (Å²) in [6.07, 6.45) is 1.98. The van der Waals surface area contributed by atoms with E-state index < -0.39 is 0 Å². The van der Waals surface area contributed by atoms with E-state index in [1.807, 2.05) is 22.7 Å². The van der Waals surface area contributed by atoms with Crippen LogP contribution in [0.2, 0.25) is 0 Å². The van der Waals surface area contributed by atoms with Gasteiger partial charge in [-0.15, -0.1) is 10.2 Å². The normalized spacial score (nSPS) is 13.6. The summed E-state index contributed by atoms with van der Waals surface area (Å²) in [7, 11) is 0. The average Bonchev–Trinajstić information content (AvgIpc) is 2.62. The molecule has 2 rings (SSSR count). The molecule has 0 aromatic carbocycles. The fourth-order valence-corrected chi connectivity index (χ4v) is 2.15. The van der Waals surface area contributed by atoms with E-state index in [1.54, 1.807) is 0 Å². The molecule has 4 nitrogen and oxygen atoms in total. The number of rotatable bonds is 3. The summed E-state index contributed by atoms with van der Waals surface area (Å²) in [6.45, 7) is 4.89. The minimum absolute atomic E-state index is 0.240. The van der Waals surface area contributed by atoms with Gasteiger partial charge >= 0.3 is 0 Å². The molecule has 0 aliphatic carbocycles. The van der Waals surface area contributed by atoms with Crippen LogP contribution in [-0.2, 0) is 0 Å². The van der Waals surface area contributed by atoms with Gasteiger partial charge in [0.25, 0.3) is 0 Å². The first-order valence-corrected chi connectivity index (χ1v) is 6.13. The van der Waals surface area contributed by atoms with Crippen LogP contribution in [0.25, 0.3) is 5.65 Å². The first kappa shape index (κ1) is 11.5. The zero-order chi connectivity index (χ0) is 11.7. The Labute approximate surface area is 103 Å². The number of nitrogens with two attached hydrogens (primary N) is 1. The summed E-state index contributed by atoms with van der Waals surface area (Å²) < 4.78 is 3.02. The fraction of sp³-hybridized carbons (Fsp3) is 0.455. The Hall–Kier alpha value is -0.940. The number of hydrogen-bond acceptors (Lipinski definition) is 3. The zero-order valence-electron chi connectivity index (χ0n) is 9.39. The van der Waals surface area contributed by atoms with Crippen LogP contribution < -0.4 is 5.73 Å². The topological polar surface area (TPSA) is 56.2 Å². The Morgan fingerprint density at radius 1 is 1.38 bits per heavy atom. The van der Waals surface area contributed by atoms with Crippen LogP contribution in [0, 0.1) is 5.92 Å². The maximum Gasteiger partial charge on any atom is 0.160 e. The lowest BCUT2D eigenvalue weighted by molar-refractivity contribution is 0.480. The molecule has 5 heteroatoms. The summed E-state index contributed by atoms with van der Waals surface area (Å²) in [6, 6.07) is 3.90. The third kappa shape index (κ3) is 1.97. The van der Waals surface area contributed by atoms with E-state index in [0.717, 1.165) is 15.9 Å². The number of nitrogens with zero attached hydrogens (tertiary/aromatic N) is 3. The number of fused-ring (bicyclic) bond motifs is 1. The highest BCUT2D eigenvalue weighted by molar-refractivity contribution is 9.10. The lowest BCUT2D eigenvalue weighted by Crippen LogP contribution is -2.20. The van der Waals surface area contributed by atoms with Gasteiger partial charge < -0.3 is 5.73 Å². The van der Waals surface area contributed by atoms with E-state index in [-0.39, 0.29) is 5.92 Å². The highest BCUT2D eigenvalue weighted by Crippen LogP contribution is 2.23. The third-order valence-electron chi connectivity index (χ3n) is 2.78. The van der Waals surface area contributed by atoms with Crippen LogP contribution >= 0.6 is 15.9 Å². The second kappa shape index (κ2) is 4.51. The Bertz CT molecular complexity index is 492. The SMILES string of the molecule is CC(C)C(CN)c1nnc2ccc(Br)cn12. The van der Waals surface area contributed by atoms with Gasteiger partial charge in [0.2, 0.25) is 0 Å². The van der Waals surface area contributed by atoms with Crippen molar-refractivity contribution in [1.29, 1.82) is 0 Å². The second-order valence-corrected chi connectivity index (χ2v) is 5.14. The quantitative estimate of drug-likeness (QED) is 0.939. The van der Waals surface area contributed by atoms with Crippen LogP contribution in [0.5, 0.6) is 0 Å². The lowest BCUT2D eigenvalue weighted by atomic mass is 9.95. The predicted molar refractivity (Wildman–Crippen MR) is 67.3 cm³/mol. The summed E-state index contributed by atoms with van der Waals surface area (Å²) in [5.41, 5.74) is 6.66. The molecular weight excluding hydrogens is 268 g/mol. The maximum atomic E-state index is 5.80. The predicted octanol–water partition coefficient (Wildman–Crippen LogP) is 2.19. The van der Waals surface area contributed by atoms with Crippen molar-refractivity contribution in [2.45, 2.75) is 19.8 Å². The van der Waals surface area contributed by atoms with E-state index in [1.165, 1.54) is 0 Å². The van der Waals surface area contributed by atoms with E-state index in [0.29, 0.717) is 12.5 Å². The Balaban J connectivity index is 2.55. The smallest absolute Gasteiger partial charge is 0.160 e. The second-order valence-electron chi connectivity index (χ2n) is 4.22. The molecule has 0 radical (unpaired) electrons. The van der Waals surface area contributed by atoms with Crippen molar-refractivity contribution in [2.75, 3.05) is 6.54 Å². The number of halogens is 1. The molecule has 0 saturated carbocycles. The van der Waals surface area contributed by atoms with Gasteiger partial charge in [-0.3, -0.25) is 4.40 Å². The largest absolute Gasteiger partial charge is 0.330 e. The van der Waals surface area contributed by atoms with E-state index in [2.05, 4.69) is 40.0 Å². The third-order valence-corrected chi connectivity index (χ3v) is 3.25. The van der Waals surface area contributed by atoms with Crippen molar-refractivity contribution in [2.24, 2.45) is 11.7 Å². The molecule has 1 atom stereocenters. The van der Waals surface area contributed by atoms with Gasteiger partial charge in [0.1, 0.15) is 5.82 Å². The highest BCUT2D eigenvalue weighted by Gasteiger charge is 2.19. The minimum atomic E-state index is 0.240. The van der Waals surface area contributed by atoms with Crippen molar-refractivity contribution in [1.82, 2.24) is 14.6 Å². The van der Waals surface area contributed by atoms with Crippen molar-refractivity contribution in [3.63, 3.8) is 0 Å². The van der Waals surface area contributed by atoms with Crippen molar-refractivity contribution < 1.29 is 0 Å². The molecule has 0 amide bonds. The monoisotopic (exact) mass is 282 g/mol. The van der Waals surface area contributed by atoms with Crippen LogP contribution in [0.4, 0.5) is 0 Å². The molecule has 0 saturated heterocycles. The molecule has 0 fully saturated rings. The van der Waals surface area contributed by atoms with Gasteiger partial charge in [-0.25, -0.2) is 0 Å². The van der Waals surface area contributed by atoms with Crippen LogP contribution in [0.3, 0.4) is 0 Å². The Kier molecular flexibility index (Phi) is 3.25. The van der Waals surface area contributed by atoms with E-state index in [4.69, 9.17) is 5.73 Å². The minimum Gasteiger partial charge on any atom is -0.330 e. The molecule has 2 aromatic heterocycles. The molecule has 0 aliphatic heterocycles. The molecule has 2 N–H and O–H groups in total. The van der Waals surface area contributed by atoms with Crippen LogP contribution in [-0.4, -0.2) is 21.1 Å². The summed E-state index contributed by atoms with van der Waals surface area (Å²) in [4.78, 5) is 0. The fourth-order valence-electron chi connectivity index (χ4n) is 1.81. The summed E-state index contributed by atoms with van der Waals surface area (Å²) in [5.74, 6) is 1.63. The summed E-state index contributed by atoms with van der Waals surface area (Å²) >= 11 is 3.45. The van der Waals surface area contributed by atoms with Crippen molar-refractivity contribution in [3.8, 4) is 0 Å². The Morgan fingerprint density at radius 2 is 2.12 bits per heavy atom. The number of pyridine rings is 1. The molecule has 0 spiro atoms. The van der Waals surface area contributed by atoms with Crippen molar-refractivity contribution in [3.05, 3.63) is 28.6 Å². The molecule has 0 bridgehead atoms. The highest BCUT2D eigenvalue weighted by atomic mass is 79.9. The molecule has 2 aromatic rings. The molecule has 0 aliphatic rings. The van der Waals surface area contributed by atoms with E-state index >= 15 is 0 Å². The number of hydrogen-bond donors (Lipinski definition) is 1. The molecule has 16 heavy (non-hydrogen) atoms. The van der Waals surface area contributed by atoms with Gasteiger partial charge in [0.15, 0.2) is 5.65 Å². The maximum absolute atomic E-state index is 5.80. The lowest BCUT2D eigenvalue weighted by Gasteiger charge is -2.16. The van der Waals surface area contributed by atoms with Crippen molar-refractivity contribution >= 4 is 21.6 Å².